The van der Waals surface area contributed by atoms with Gasteiger partial charge >= 0.3 is 5.97 Å². The van der Waals surface area contributed by atoms with Crippen LogP contribution in [0.5, 0.6) is 0 Å². The van der Waals surface area contributed by atoms with Crippen molar-refractivity contribution < 1.29 is 19.1 Å². The summed E-state index contributed by atoms with van der Waals surface area (Å²) < 4.78 is 10.9. The first-order valence-corrected chi connectivity index (χ1v) is 9.38. The molecule has 26 heavy (non-hydrogen) atoms. The van der Waals surface area contributed by atoms with Crippen LogP contribution in [0.4, 0.5) is 0 Å². The highest BCUT2D eigenvalue weighted by Gasteiger charge is 2.51. The summed E-state index contributed by atoms with van der Waals surface area (Å²) in [5.74, 6) is 0.0632. The number of hydrogen-bond donors (Lipinski definition) is 1. The van der Waals surface area contributed by atoms with Crippen LogP contribution in [0.1, 0.15) is 57.1 Å². The van der Waals surface area contributed by atoms with Gasteiger partial charge < -0.3 is 19.4 Å². The summed E-state index contributed by atoms with van der Waals surface area (Å²) >= 11 is 0. The lowest BCUT2D eigenvalue weighted by molar-refractivity contribution is -0.148. The van der Waals surface area contributed by atoms with Crippen LogP contribution in [0.25, 0.3) is 0 Å². The van der Waals surface area contributed by atoms with Crippen LogP contribution in [0.15, 0.2) is 6.20 Å². The Hall–Kier alpha value is -1.89. The molecule has 7 heteroatoms. The molecule has 2 saturated heterocycles. The maximum atomic E-state index is 13.4. The number of aryl methyl sites for hydroxylation is 1. The van der Waals surface area contributed by atoms with E-state index in [-0.39, 0.29) is 35.9 Å². The van der Waals surface area contributed by atoms with Crippen LogP contribution >= 0.6 is 0 Å². The number of carbonyl (C=O) groups is 2. The molecule has 3 rings (SSSR count). The van der Waals surface area contributed by atoms with E-state index in [9.17, 15) is 9.59 Å². The molecule has 1 aromatic heterocycles. The number of aromatic amines is 1. The summed E-state index contributed by atoms with van der Waals surface area (Å²) in [5, 5.41) is 0. The molecule has 0 aliphatic carbocycles. The molecule has 2 aliphatic heterocycles. The molecule has 0 unspecified atom stereocenters. The SMILES string of the molecule is COC(=O)C[C@H](C(=O)N1C[C@]2(CCCO2)C[C@H]1c1ncc(C)[nH]1)C(C)C. The molecule has 2 aliphatic rings. The number of rotatable bonds is 5. The second-order valence-corrected chi connectivity index (χ2v) is 7.90. The monoisotopic (exact) mass is 363 g/mol. The van der Waals surface area contributed by atoms with Crippen molar-refractivity contribution in [2.45, 2.75) is 58.1 Å². The smallest absolute Gasteiger partial charge is 0.306 e. The van der Waals surface area contributed by atoms with Crippen molar-refractivity contribution in [3.05, 3.63) is 17.7 Å². The summed E-state index contributed by atoms with van der Waals surface area (Å²) in [6.07, 6.45) is 4.60. The lowest BCUT2D eigenvalue weighted by Crippen LogP contribution is -2.41. The van der Waals surface area contributed by atoms with E-state index in [1.165, 1.54) is 7.11 Å². The zero-order valence-electron chi connectivity index (χ0n) is 16.1. The van der Waals surface area contributed by atoms with Gasteiger partial charge in [0, 0.05) is 24.9 Å². The van der Waals surface area contributed by atoms with Crippen LogP contribution in [0, 0.1) is 18.8 Å². The zero-order chi connectivity index (χ0) is 18.9. The molecule has 7 nitrogen and oxygen atoms in total. The predicted molar refractivity (Wildman–Crippen MR) is 95.3 cm³/mol. The third-order valence-electron chi connectivity index (χ3n) is 5.64. The molecule has 3 heterocycles. The number of likely N-dealkylation sites (tertiary alicyclic amines) is 1. The summed E-state index contributed by atoms with van der Waals surface area (Å²) in [6, 6.07) is -0.145. The zero-order valence-corrected chi connectivity index (χ0v) is 16.1. The lowest BCUT2D eigenvalue weighted by atomic mass is 9.90. The number of imidazole rings is 1. The Kier molecular flexibility index (Phi) is 5.37. The molecular formula is C19H29N3O4. The minimum absolute atomic E-state index is 0.0168. The Labute approximate surface area is 154 Å². The molecule has 0 saturated carbocycles. The van der Waals surface area contributed by atoms with E-state index in [1.807, 2.05) is 25.7 Å². The van der Waals surface area contributed by atoms with Crippen molar-refractivity contribution in [1.29, 1.82) is 0 Å². The molecule has 1 amide bonds. The van der Waals surface area contributed by atoms with Gasteiger partial charge in [-0.3, -0.25) is 9.59 Å². The first kappa shape index (κ1) is 18.9. The average Bonchev–Trinajstić information content (AvgIpc) is 3.32. The van der Waals surface area contributed by atoms with Crippen LogP contribution < -0.4 is 0 Å². The minimum Gasteiger partial charge on any atom is -0.469 e. The Morgan fingerprint density at radius 3 is 2.81 bits per heavy atom. The number of hydrogen-bond acceptors (Lipinski definition) is 5. The summed E-state index contributed by atoms with van der Waals surface area (Å²) in [6.45, 7) is 7.18. The van der Waals surface area contributed by atoms with Crippen molar-refractivity contribution >= 4 is 11.9 Å². The number of ether oxygens (including phenoxy) is 2. The van der Waals surface area contributed by atoms with E-state index in [0.717, 1.165) is 37.4 Å². The molecule has 144 valence electrons. The third-order valence-corrected chi connectivity index (χ3v) is 5.64. The van der Waals surface area contributed by atoms with Gasteiger partial charge in [0.1, 0.15) is 5.82 Å². The number of carbonyl (C=O) groups excluding carboxylic acids is 2. The van der Waals surface area contributed by atoms with Crippen molar-refractivity contribution in [3.8, 4) is 0 Å². The summed E-state index contributed by atoms with van der Waals surface area (Å²) in [4.78, 5) is 34.8. The standard InChI is InChI=1S/C19H29N3O4/c1-12(2)14(8-16(23)25-4)18(24)22-11-19(6-5-7-26-19)9-15(22)17-20-10-13(3)21-17/h10,12,14-15H,5-9,11H2,1-4H3,(H,20,21)/t14-,15-,19-/m0/s1. The number of nitrogens with zero attached hydrogens (tertiary/aromatic N) is 2. The van der Waals surface area contributed by atoms with Crippen molar-refractivity contribution in [2.75, 3.05) is 20.3 Å². The fourth-order valence-electron chi connectivity index (χ4n) is 4.15. The van der Waals surface area contributed by atoms with Gasteiger partial charge in [-0.15, -0.1) is 0 Å². The molecule has 0 aromatic carbocycles. The lowest BCUT2D eigenvalue weighted by Gasteiger charge is -2.29. The number of H-pyrrole nitrogens is 1. The van der Waals surface area contributed by atoms with Crippen LogP contribution in [0.2, 0.25) is 0 Å². The first-order valence-electron chi connectivity index (χ1n) is 9.38. The number of methoxy groups -OCH3 is 1. The van der Waals surface area contributed by atoms with Crippen LogP contribution in [-0.4, -0.2) is 52.6 Å². The highest BCUT2D eigenvalue weighted by Crippen LogP contribution is 2.45. The molecule has 2 fully saturated rings. The number of amides is 1. The van der Waals surface area contributed by atoms with Crippen molar-refractivity contribution in [2.24, 2.45) is 11.8 Å². The van der Waals surface area contributed by atoms with Gasteiger partial charge in [-0.1, -0.05) is 13.8 Å². The van der Waals surface area contributed by atoms with Crippen LogP contribution in [0.3, 0.4) is 0 Å². The maximum Gasteiger partial charge on any atom is 0.306 e. The molecule has 0 bridgehead atoms. The van der Waals surface area contributed by atoms with Crippen molar-refractivity contribution in [1.82, 2.24) is 14.9 Å². The van der Waals surface area contributed by atoms with Gasteiger partial charge in [-0.05, 0) is 25.7 Å². The summed E-state index contributed by atoms with van der Waals surface area (Å²) in [7, 11) is 1.36. The molecule has 1 spiro atoms. The van der Waals surface area contributed by atoms with Gasteiger partial charge in [0.2, 0.25) is 5.91 Å². The van der Waals surface area contributed by atoms with Crippen LogP contribution in [-0.2, 0) is 19.1 Å². The normalized spacial score (nSPS) is 26.7. The van der Waals surface area contributed by atoms with E-state index in [1.54, 1.807) is 6.20 Å². The van der Waals surface area contributed by atoms with E-state index in [2.05, 4.69) is 9.97 Å². The van der Waals surface area contributed by atoms with Gasteiger partial charge in [-0.2, -0.15) is 0 Å². The largest absolute Gasteiger partial charge is 0.469 e. The van der Waals surface area contributed by atoms with Gasteiger partial charge in [0.25, 0.3) is 0 Å². The maximum absolute atomic E-state index is 13.4. The quantitative estimate of drug-likeness (QED) is 0.812. The van der Waals surface area contributed by atoms with Gasteiger partial charge in [0.05, 0.1) is 37.6 Å². The van der Waals surface area contributed by atoms with Gasteiger partial charge in [-0.25, -0.2) is 4.98 Å². The Bertz CT molecular complexity index is 663. The van der Waals surface area contributed by atoms with Crippen molar-refractivity contribution in [3.63, 3.8) is 0 Å². The molecule has 1 aromatic rings. The minimum atomic E-state index is -0.405. The van der Waals surface area contributed by atoms with E-state index in [0.29, 0.717) is 6.54 Å². The van der Waals surface area contributed by atoms with E-state index >= 15 is 0 Å². The fourth-order valence-corrected chi connectivity index (χ4v) is 4.15. The Morgan fingerprint density at radius 2 is 2.27 bits per heavy atom. The predicted octanol–water partition coefficient (Wildman–Crippen LogP) is 2.38. The second-order valence-electron chi connectivity index (χ2n) is 7.90. The first-order chi connectivity index (χ1) is 12.3. The second kappa shape index (κ2) is 7.39. The third kappa shape index (κ3) is 3.63. The van der Waals surface area contributed by atoms with E-state index < -0.39 is 5.92 Å². The highest BCUT2D eigenvalue weighted by molar-refractivity contribution is 5.84. The number of nitrogens with one attached hydrogen (secondary N) is 1. The van der Waals surface area contributed by atoms with Gasteiger partial charge in [0.15, 0.2) is 0 Å². The number of aromatic nitrogens is 2. The Morgan fingerprint density at radius 1 is 1.50 bits per heavy atom. The molecule has 1 N–H and O–H groups in total. The summed E-state index contributed by atoms with van der Waals surface area (Å²) in [5.41, 5.74) is 0.684. The number of esters is 1. The Balaban J connectivity index is 1.87. The molecule has 0 radical (unpaired) electrons. The van der Waals surface area contributed by atoms with E-state index in [4.69, 9.17) is 9.47 Å². The topological polar surface area (TPSA) is 84.5 Å². The average molecular weight is 363 g/mol. The fraction of sp³-hybridized carbons (Fsp3) is 0.737. The highest BCUT2D eigenvalue weighted by atomic mass is 16.5. The molecular weight excluding hydrogens is 334 g/mol. The molecule has 3 atom stereocenters.